The van der Waals surface area contributed by atoms with E-state index in [9.17, 15) is 19.5 Å². The van der Waals surface area contributed by atoms with Crippen molar-refractivity contribution in [1.82, 2.24) is 0 Å². The van der Waals surface area contributed by atoms with Gasteiger partial charge in [-0.2, -0.15) is 0 Å². The summed E-state index contributed by atoms with van der Waals surface area (Å²) in [5.74, 6) is -2.76. The maximum Gasteiger partial charge on any atom is 0.333 e. The SMILES string of the molecule is C=C(C)C(=O)OCCC1(C(=O)O)CCCC(OC)OC1=O. The van der Waals surface area contributed by atoms with Gasteiger partial charge in [0.05, 0.1) is 6.61 Å². The number of aliphatic carboxylic acids is 1. The maximum absolute atomic E-state index is 12.1. The van der Waals surface area contributed by atoms with Crippen molar-refractivity contribution in [3.63, 3.8) is 0 Å². The molecule has 0 aromatic rings. The van der Waals surface area contributed by atoms with Crippen LogP contribution in [0.15, 0.2) is 12.2 Å². The molecular weight excluding hydrogens is 280 g/mol. The van der Waals surface area contributed by atoms with Gasteiger partial charge in [0.15, 0.2) is 5.41 Å². The first kappa shape index (κ1) is 17.2. The maximum atomic E-state index is 12.1. The van der Waals surface area contributed by atoms with Crippen LogP contribution in [0.1, 0.15) is 32.6 Å². The van der Waals surface area contributed by atoms with Crippen LogP contribution < -0.4 is 0 Å². The van der Waals surface area contributed by atoms with Gasteiger partial charge in [-0.15, -0.1) is 0 Å². The highest BCUT2D eigenvalue weighted by molar-refractivity contribution is 5.99. The van der Waals surface area contributed by atoms with Gasteiger partial charge in [0.2, 0.25) is 6.29 Å². The van der Waals surface area contributed by atoms with Gasteiger partial charge in [-0.05, 0) is 19.8 Å². The van der Waals surface area contributed by atoms with Crippen LogP contribution in [-0.4, -0.2) is 43.0 Å². The minimum absolute atomic E-state index is 0.117. The zero-order valence-electron chi connectivity index (χ0n) is 12.2. The summed E-state index contributed by atoms with van der Waals surface area (Å²) >= 11 is 0. The second kappa shape index (κ2) is 7.21. The molecule has 1 heterocycles. The van der Waals surface area contributed by atoms with Crippen molar-refractivity contribution in [1.29, 1.82) is 0 Å². The number of carbonyl (C=O) groups excluding carboxylic acids is 2. The van der Waals surface area contributed by atoms with Crippen LogP contribution in [0.2, 0.25) is 0 Å². The van der Waals surface area contributed by atoms with Gasteiger partial charge in [-0.25, -0.2) is 4.79 Å². The highest BCUT2D eigenvalue weighted by atomic mass is 16.7. The molecule has 7 heteroatoms. The van der Waals surface area contributed by atoms with Gasteiger partial charge in [-0.1, -0.05) is 6.58 Å². The number of carboxylic acids is 1. The van der Waals surface area contributed by atoms with Crippen LogP contribution in [0.25, 0.3) is 0 Å². The first-order valence-electron chi connectivity index (χ1n) is 6.63. The van der Waals surface area contributed by atoms with E-state index in [0.717, 1.165) is 0 Å². The van der Waals surface area contributed by atoms with Crippen molar-refractivity contribution >= 4 is 17.9 Å². The molecule has 1 rings (SSSR count). The van der Waals surface area contributed by atoms with Crippen molar-refractivity contribution in [2.24, 2.45) is 5.41 Å². The monoisotopic (exact) mass is 300 g/mol. The predicted molar refractivity (Wildman–Crippen MR) is 71.2 cm³/mol. The lowest BCUT2D eigenvalue weighted by Crippen LogP contribution is -2.41. The fraction of sp³-hybridized carbons (Fsp3) is 0.643. The number of carbonyl (C=O) groups is 3. The number of esters is 2. The van der Waals surface area contributed by atoms with Crippen LogP contribution >= 0.6 is 0 Å². The highest BCUT2D eigenvalue weighted by Crippen LogP contribution is 2.35. The zero-order chi connectivity index (χ0) is 16.0. The average Bonchev–Trinajstić information content (AvgIpc) is 2.58. The molecule has 1 fully saturated rings. The molecule has 21 heavy (non-hydrogen) atoms. The minimum atomic E-state index is -1.71. The summed E-state index contributed by atoms with van der Waals surface area (Å²) in [7, 11) is 1.39. The van der Waals surface area contributed by atoms with Gasteiger partial charge >= 0.3 is 17.9 Å². The van der Waals surface area contributed by atoms with Crippen LogP contribution in [0.3, 0.4) is 0 Å². The zero-order valence-corrected chi connectivity index (χ0v) is 12.2. The number of rotatable bonds is 6. The first-order valence-corrected chi connectivity index (χ1v) is 6.63. The summed E-state index contributed by atoms with van der Waals surface area (Å²) in [6, 6.07) is 0. The van der Waals surface area contributed by atoms with Gasteiger partial charge in [0.25, 0.3) is 0 Å². The molecule has 0 spiro atoms. The lowest BCUT2D eigenvalue weighted by Gasteiger charge is -2.25. The largest absolute Gasteiger partial charge is 0.480 e. The second-order valence-electron chi connectivity index (χ2n) is 5.02. The fourth-order valence-electron chi connectivity index (χ4n) is 2.10. The standard InChI is InChI=1S/C14H20O7/c1-9(2)11(15)20-8-7-14(12(16)17)6-4-5-10(19-3)21-13(14)18/h10H,1,4-8H2,2-3H3,(H,16,17). The van der Waals surface area contributed by atoms with E-state index in [0.29, 0.717) is 12.8 Å². The summed E-state index contributed by atoms with van der Waals surface area (Å²) in [6.45, 7) is 4.72. The third-order valence-corrected chi connectivity index (χ3v) is 3.46. The molecule has 0 aliphatic carbocycles. The lowest BCUT2D eigenvalue weighted by atomic mass is 9.80. The number of hydrogen-bond acceptors (Lipinski definition) is 6. The highest BCUT2D eigenvalue weighted by Gasteiger charge is 2.49. The van der Waals surface area contributed by atoms with E-state index >= 15 is 0 Å². The number of hydrogen-bond donors (Lipinski definition) is 1. The van der Waals surface area contributed by atoms with E-state index in [1.807, 2.05) is 0 Å². The number of cyclic esters (lactones) is 1. The number of methoxy groups -OCH3 is 1. The van der Waals surface area contributed by atoms with Crippen LogP contribution in [0.5, 0.6) is 0 Å². The Balaban J connectivity index is 2.78. The molecule has 1 N–H and O–H groups in total. The Morgan fingerprint density at radius 3 is 2.71 bits per heavy atom. The minimum Gasteiger partial charge on any atom is -0.480 e. The van der Waals surface area contributed by atoms with Gasteiger partial charge < -0.3 is 19.3 Å². The molecule has 0 bridgehead atoms. The molecule has 7 nitrogen and oxygen atoms in total. The molecule has 1 saturated heterocycles. The predicted octanol–water partition coefficient (Wildman–Crippen LogP) is 1.27. The molecule has 2 atom stereocenters. The van der Waals surface area contributed by atoms with Gasteiger partial charge in [0.1, 0.15) is 0 Å². The smallest absolute Gasteiger partial charge is 0.333 e. The van der Waals surface area contributed by atoms with Crippen LogP contribution in [0, 0.1) is 5.41 Å². The van der Waals surface area contributed by atoms with Crippen molar-refractivity contribution < 1.29 is 33.7 Å². The molecular formula is C14H20O7. The summed E-state index contributed by atoms with van der Waals surface area (Å²) < 4.78 is 14.9. The van der Waals surface area contributed by atoms with E-state index in [-0.39, 0.29) is 25.0 Å². The molecule has 118 valence electrons. The number of ether oxygens (including phenoxy) is 3. The van der Waals surface area contributed by atoms with Crippen molar-refractivity contribution in [2.45, 2.75) is 38.9 Å². The van der Waals surface area contributed by atoms with Crippen LogP contribution in [0.4, 0.5) is 0 Å². The first-order chi connectivity index (χ1) is 9.83. The lowest BCUT2D eigenvalue weighted by molar-refractivity contribution is -0.188. The molecule has 1 aliphatic heterocycles. The molecule has 1 aliphatic rings. The Morgan fingerprint density at radius 1 is 1.52 bits per heavy atom. The molecule has 0 saturated carbocycles. The molecule has 2 unspecified atom stereocenters. The Morgan fingerprint density at radius 2 is 2.19 bits per heavy atom. The third-order valence-electron chi connectivity index (χ3n) is 3.46. The number of carboxylic acid groups (broad SMARTS) is 1. The van der Waals surface area contributed by atoms with E-state index in [2.05, 4.69) is 6.58 Å². The summed E-state index contributed by atoms with van der Waals surface area (Å²) in [6.07, 6.45) is 0.132. The summed E-state index contributed by atoms with van der Waals surface area (Å²) in [5.41, 5.74) is -1.50. The van der Waals surface area contributed by atoms with E-state index in [1.165, 1.54) is 14.0 Å². The van der Waals surface area contributed by atoms with Gasteiger partial charge in [0, 0.05) is 25.5 Å². The fourth-order valence-corrected chi connectivity index (χ4v) is 2.10. The summed E-state index contributed by atoms with van der Waals surface area (Å²) in [5, 5.41) is 9.42. The topological polar surface area (TPSA) is 99.1 Å². The Kier molecular flexibility index (Phi) is 5.90. The van der Waals surface area contributed by atoms with E-state index in [4.69, 9.17) is 14.2 Å². The Bertz CT molecular complexity index is 443. The average molecular weight is 300 g/mol. The van der Waals surface area contributed by atoms with E-state index < -0.39 is 29.6 Å². The quantitative estimate of drug-likeness (QED) is 0.448. The normalized spacial score (nSPS) is 25.6. The summed E-state index contributed by atoms with van der Waals surface area (Å²) in [4.78, 5) is 35.0. The molecule has 0 aromatic carbocycles. The Hall–Kier alpha value is -1.89. The van der Waals surface area contributed by atoms with Crippen molar-refractivity contribution in [2.75, 3.05) is 13.7 Å². The van der Waals surface area contributed by atoms with E-state index in [1.54, 1.807) is 0 Å². The van der Waals surface area contributed by atoms with Gasteiger partial charge in [-0.3, -0.25) is 9.59 Å². The second-order valence-corrected chi connectivity index (χ2v) is 5.02. The molecule has 0 amide bonds. The Labute approximate surface area is 122 Å². The van der Waals surface area contributed by atoms with Crippen molar-refractivity contribution in [3.8, 4) is 0 Å². The molecule has 0 radical (unpaired) electrons. The van der Waals surface area contributed by atoms with Crippen LogP contribution in [-0.2, 0) is 28.6 Å². The molecule has 0 aromatic heterocycles. The van der Waals surface area contributed by atoms with Crippen molar-refractivity contribution in [3.05, 3.63) is 12.2 Å². The third kappa shape index (κ3) is 4.04.